The molecule has 6 heteroatoms. The standard InChI is InChI=1S/C8H6N2O4/c1-4-2-5(8(11)12)3-6(9-13)7(4)10-14/h2-3H,1H3,(H,11,12). The van der Waals surface area contributed by atoms with E-state index < -0.39 is 5.97 Å². The maximum Gasteiger partial charge on any atom is 0.335 e. The first-order chi connectivity index (χ1) is 6.60. The average Bonchev–Trinajstić information content (AvgIpc) is 2.16. The van der Waals surface area contributed by atoms with Gasteiger partial charge in [0.15, 0.2) is 0 Å². The first-order valence-electron chi connectivity index (χ1n) is 3.64. The highest BCUT2D eigenvalue weighted by Crippen LogP contribution is 2.32. The lowest BCUT2D eigenvalue weighted by molar-refractivity contribution is 0.0697. The molecule has 6 nitrogen and oxygen atoms in total. The summed E-state index contributed by atoms with van der Waals surface area (Å²) in [6.45, 7) is 1.48. The van der Waals surface area contributed by atoms with Crippen molar-refractivity contribution in [2.24, 2.45) is 10.4 Å². The van der Waals surface area contributed by atoms with Crippen molar-refractivity contribution in [2.45, 2.75) is 6.92 Å². The van der Waals surface area contributed by atoms with E-state index in [4.69, 9.17) is 5.11 Å². The number of hydrogen-bond donors (Lipinski definition) is 1. The molecule has 0 unspecified atom stereocenters. The van der Waals surface area contributed by atoms with E-state index in [1.165, 1.54) is 13.0 Å². The van der Waals surface area contributed by atoms with Gasteiger partial charge in [-0.25, -0.2) is 4.79 Å². The van der Waals surface area contributed by atoms with Gasteiger partial charge in [-0.1, -0.05) is 0 Å². The van der Waals surface area contributed by atoms with Crippen molar-refractivity contribution >= 4 is 17.3 Å². The van der Waals surface area contributed by atoms with E-state index in [2.05, 4.69) is 10.4 Å². The lowest BCUT2D eigenvalue weighted by atomic mass is 10.1. The van der Waals surface area contributed by atoms with Gasteiger partial charge in [0.25, 0.3) is 0 Å². The summed E-state index contributed by atoms with van der Waals surface area (Å²) in [5, 5.41) is 13.8. The molecule has 1 N–H and O–H groups in total. The average molecular weight is 194 g/mol. The van der Waals surface area contributed by atoms with Crippen LogP contribution in [0.1, 0.15) is 15.9 Å². The number of carboxylic acid groups (broad SMARTS) is 1. The Kier molecular flexibility index (Phi) is 2.66. The fourth-order valence-corrected chi connectivity index (χ4v) is 1.07. The van der Waals surface area contributed by atoms with Crippen LogP contribution < -0.4 is 0 Å². The normalized spacial score (nSPS) is 9.50. The Hall–Kier alpha value is -2.11. The van der Waals surface area contributed by atoms with Crippen LogP contribution in [0.5, 0.6) is 0 Å². The molecule has 0 saturated heterocycles. The minimum absolute atomic E-state index is 0.0931. The molecular formula is C8H6N2O4. The number of aromatic carboxylic acids is 1. The zero-order valence-electron chi connectivity index (χ0n) is 7.22. The van der Waals surface area contributed by atoms with Gasteiger partial charge in [0.2, 0.25) is 0 Å². The minimum atomic E-state index is -1.18. The Labute approximate surface area is 78.5 Å². The monoisotopic (exact) mass is 194 g/mol. The van der Waals surface area contributed by atoms with E-state index in [0.717, 1.165) is 6.07 Å². The van der Waals surface area contributed by atoms with Gasteiger partial charge in [0, 0.05) is 0 Å². The van der Waals surface area contributed by atoms with E-state index in [1.807, 2.05) is 0 Å². The molecule has 0 saturated carbocycles. The fraction of sp³-hybridized carbons (Fsp3) is 0.125. The number of hydrogen-bond acceptors (Lipinski definition) is 5. The molecule has 72 valence electrons. The van der Waals surface area contributed by atoms with Gasteiger partial charge in [-0.2, -0.15) is 0 Å². The van der Waals surface area contributed by atoms with Crippen molar-refractivity contribution in [3.8, 4) is 0 Å². The summed E-state index contributed by atoms with van der Waals surface area (Å²) in [5.74, 6) is -1.18. The third-order valence-electron chi connectivity index (χ3n) is 1.72. The van der Waals surface area contributed by atoms with Crippen LogP contribution in [-0.4, -0.2) is 11.1 Å². The number of benzene rings is 1. The zero-order chi connectivity index (χ0) is 10.7. The van der Waals surface area contributed by atoms with Crippen molar-refractivity contribution in [2.75, 3.05) is 0 Å². The van der Waals surface area contributed by atoms with Crippen LogP contribution in [-0.2, 0) is 0 Å². The van der Waals surface area contributed by atoms with Gasteiger partial charge in [-0.15, -0.1) is 9.81 Å². The molecule has 0 atom stereocenters. The van der Waals surface area contributed by atoms with E-state index in [9.17, 15) is 14.6 Å². The first-order valence-corrected chi connectivity index (χ1v) is 3.64. The van der Waals surface area contributed by atoms with Crippen molar-refractivity contribution in [3.05, 3.63) is 33.1 Å². The molecule has 0 bridgehead atoms. The Morgan fingerprint density at radius 1 is 1.29 bits per heavy atom. The summed E-state index contributed by atoms with van der Waals surface area (Å²) in [6.07, 6.45) is 0. The molecular weight excluding hydrogens is 188 g/mol. The zero-order valence-corrected chi connectivity index (χ0v) is 7.22. The first kappa shape index (κ1) is 9.97. The smallest absolute Gasteiger partial charge is 0.335 e. The summed E-state index contributed by atoms with van der Waals surface area (Å²) >= 11 is 0. The fourth-order valence-electron chi connectivity index (χ4n) is 1.07. The van der Waals surface area contributed by atoms with Gasteiger partial charge in [-0.05, 0) is 35.0 Å². The van der Waals surface area contributed by atoms with Crippen LogP contribution in [0.15, 0.2) is 22.5 Å². The van der Waals surface area contributed by atoms with Crippen LogP contribution in [0, 0.1) is 16.7 Å². The quantitative estimate of drug-likeness (QED) is 0.747. The molecule has 0 aromatic heterocycles. The molecule has 0 aliphatic carbocycles. The van der Waals surface area contributed by atoms with Gasteiger partial charge < -0.3 is 5.11 Å². The van der Waals surface area contributed by atoms with Crippen molar-refractivity contribution in [3.63, 3.8) is 0 Å². The number of aryl methyl sites for hydroxylation is 1. The Bertz CT molecular complexity index is 414. The predicted molar refractivity (Wildman–Crippen MR) is 49.0 cm³/mol. The van der Waals surface area contributed by atoms with Crippen LogP contribution >= 0.6 is 0 Å². The third kappa shape index (κ3) is 1.63. The highest BCUT2D eigenvalue weighted by Gasteiger charge is 2.12. The second-order valence-corrected chi connectivity index (χ2v) is 2.65. The lowest BCUT2D eigenvalue weighted by Crippen LogP contribution is -1.96. The number of nitrogens with zero attached hydrogens (tertiary/aromatic N) is 2. The molecule has 0 aliphatic heterocycles. The van der Waals surface area contributed by atoms with Gasteiger partial charge in [-0.3, -0.25) is 0 Å². The number of carboxylic acids is 1. The number of rotatable bonds is 3. The molecule has 0 radical (unpaired) electrons. The van der Waals surface area contributed by atoms with Crippen molar-refractivity contribution in [1.29, 1.82) is 0 Å². The van der Waals surface area contributed by atoms with Crippen molar-refractivity contribution in [1.82, 2.24) is 0 Å². The molecule has 1 aromatic rings. The molecule has 0 fully saturated rings. The molecule has 0 spiro atoms. The summed E-state index contributed by atoms with van der Waals surface area (Å²) in [7, 11) is 0. The molecule has 0 amide bonds. The second-order valence-electron chi connectivity index (χ2n) is 2.65. The summed E-state index contributed by atoms with van der Waals surface area (Å²) in [4.78, 5) is 31.1. The van der Waals surface area contributed by atoms with Gasteiger partial charge >= 0.3 is 5.97 Å². The van der Waals surface area contributed by atoms with E-state index in [1.54, 1.807) is 0 Å². The molecule has 14 heavy (non-hydrogen) atoms. The van der Waals surface area contributed by atoms with E-state index in [-0.39, 0.29) is 16.9 Å². The summed E-state index contributed by atoms with van der Waals surface area (Å²) in [5.41, 5.74) is -0.151. The van der Waals surface area contributed by atoms with Crippen LogP contribution in [0.3, 0.4) is 0 Å². The molecule has 0 aliphatic rings. The highest BCUT2D eigenvalue weighted by molar-refractivity contribution is 5.90. The minimum Gasteiger partial charge on any atom is -0.478 e. The van der Waals surface area contributed by atoms with E-state index in [0.29, 0.717) is 5.56 Å². The Morgan fingerprint density at radius 2 is 1.93 bits per heavy atom. The summed E-state index contributed by atoms with van der Waals surface area (Å²) < 4.78 is 0. The maximum absolute atomic E-state index is 10.6. The molecule has 1 aromatic carbocycles. The van der Waals surface area contributed by atoms with Crippen LogP contribution in [0.25, 0.3) is 0 Å². The number of nitroso groups, excluding NO2 is 2. The van der Waals surface area contributed by atoms with E-state index >= 15 is 0 Å². The Balaban J connectivity index is 3.45. The third-order valence-corrected chi connectivity index (χ3v) is 1.72. The lowest BCUT2D eigenvalue weighted by Gasteiger charge is -2.01. The highest BCUT2D eigenvalue weighted by atomic mass is 16.4. The topological polar surface area (TPSA) is 96.2 Å². The summed E-state index contributed by atoms with van der Waals surface area (Å²) in [6, 6.07) is 2.27. The van der Waals surface area contributed by atoms with Crippen LogP contribution in [0.2, 0.25) is 0 Å². The largest absolute Gasteiger partial charge is 0.478 e. The van der Waals surface area contributed by atoms with Gasteiger partial charge in [0.05, 0.1) is 5.56 Å². The second kappa shape index (κ2) is 3.73. The molecule has 1 rings (SSSR count). The predicted octanol–water partition coefficient (Wildman–Crippen LogP) is 2.49. The maximum atomic E-state index is 10.6. The SMILES string of the molecule is Cc1cc(C(=O)O)cc(N=O)c1N=O. The number of carbonyl (C=O) groups is 1. The Morgan fingerprint density at radius 3 is 2.36 bits per heavy atom. The van der Waals surface area contributed by atoms with Crippen molar-refractivity contribution < 1.29 is 9.90 Å². The molecule has 0 heterocycles. The van der Waals surface area contributed by atoms with Crippen LogP contribution in [0.4, 0.5) is 11.4 Å². The van der Waals surface area contributed by atoms with Gasteiger partial charge in [0.1, 0.15) is 11.4 Å².